The number of anilines is 1. The molecule has 2 N–H and O–H groups in total. The predicted octanol–water partition coefficient (Wildman–Crippen LogP) is 2.56. The Morgan fingerprint density at radius 2 is 1.95 bits per heavy atom. The van der Waals surface area contributed by atoms with E-state index in [0.717, 1.165) is 11.4 Å². The van der Waals surface area contributed by atoms with Gasteiger partial charge >= 0.3 is 0 Å². The first-order valence-electron chi connectivity index (χ1n) is 6.70. The number of hydrogen-bond donors (Lipinski definition) is 2. The largest absolute Gasteiger partial charge is 0.497 e. The van der Waals surface area contributed by atoms with Gasteiger partial charge in [-0.2, -0.15) is 5.10 Å². The van der Waals surface area contributed by atoms with Gasteiger partial charge in [0.15, 0.2) is 12.4 Å². The first kappa shape index (κ1) is 14.9. The van der Waals surface area contributed by atoms with E-state index in [2.05, 4.69) is 15.5 Å². The SMILES string of the molecule is COc1ccc(OCC(=O)Nc2cc(C(C)C)[nH]n2)cc1. The molecular weight excluding hydrogens is 270 g/mol. The van der Waals surface area contributed by atoms with E-state index >= 15 is 0 Å². The van der Waals surface area contributed by atoms with Crippen LogP contribution in [0.15, 0.2) is 30.3 Å². The third kappa shape index (κ3) is 4.24. The molecule has 0 fully saturated rings. The van der Waals surface area contributed by atoms with Crippen molar-refractivity contribution < 1.29 is 14.3 Å². The lowest BCUT2D eigenvalue weighted by Gasteiger charge is -2.06. The van der Waals surface area contributed by atoms with Gasteiger partial charge in [0.25, 0.3) is 5.91 Å². The van der Waals surface area contributed by atoms with Crippen LogP contribution in [0.25, 0.3) is 0 Å². The molecule has 0 radical (unpaired) electrons. The molecule has 21 heavy (non-hydrogen) atoms. The second-order valence-corrected chi connectivity index (χ2v) is 4.88. The van der Waals surface area contributed by atoms with Crippen LogP contribution in [-0.2, 0) is 4.79 Å². The molecule has 0 spiro atoms. The average Bonchev–Trinajstić information content (AvgIpc) is 2.94. The summed E-state index contributed by atoms with van der Waals surface area (Å²) < 4.78 is 10.4. The standard InChI is InChI=1S/C15H19N3O3/c1-10(2)13-8-14(18-17-13)16-15(19)9-21-12-6-4-11(20-3)5-7-12/h4-8,10H,9H2,1-3H3,(H2,16,17,18,19). The van der Waals surface area contributed by atoms with Gasteiger partial charge in [-0.25, -0.2) is 0 Å². The van der Waals surface area contributed by atoms with Crippen molar-refractivity contribution >= 4 is 11.7 Å². The highest BCUT2D eigenvalue weighted by Crippen LogP contribution is 2.17. The zero-order valence-corrected chi connectivity index (χ0v) is 12.3. The zero-order valence-electron chi connectivity index (χ0n) is 12.3. The summed E-state index contributed by atoms with van der Waals surface area (Å²) in [6.07, 6.45) is 0. The second-order valence-electron chi connectivity index (χ2n) is 4.88. The van der Waals surface area contributed by atoms with Crippen LogP contribution >= 0.6 is 0 Å². The fraction of sp³-hybridized carbons (Fsp3) is 0.333. The van der Waals surface area contributed by atoms with Crippen molar-refractivity contribution in [3.63, 3.8) is 0 Å². The number of aromatic amines is 1. The van der Waals surface area contributed by atoms with Crippen LogP contribution in [0.5, 0.6) is 11.5 Å². The molecule has 112 valence electrons. The first-order chi connectivity index (χ1) is 10.1. The monoisotopic (exact) mass is 289 g/mol. The summed E-state index contributed by atoms with van der Waals surface area (Å²) in [6, 6.07) is 8.86. The Bertz CT molecular complexity index is 590. The number of nitrogens with one attached hydrogen (secondary N) is 2. The third-order valence-corrected chi connectivity index (χ3v) is 2.92. The van der Waals surface area contributed by atoms with Crippen molar-refractivity contribution in [2.24, 2.45) is 0 Å². The number of rotatable bonds is 6. The number of carbonyl (C=O) groups is 1. The number of methoxy groups -OCH3 is 1. The van der Waals surface area contributed by atoms with Gasteiger partial charge in [0.05, 0.1) is 7.11 Å². The lowest BCUT2D eigenvalue weighted by atomic mass is 10.1. The molecule has 0 saturated carbocycles. The second kappa shape index (κ2) is 6.78. The minimum Gasteiger partial charge on any atom is -0.497 e. The van der Waals surface area contributed by atoms with Crippen molar-refractivity contribution in [1.29, 1.82) is 0 Å². The van der Waals surface area contributed by atoms with Crippen LogP contribution in [-0.4, -0.2) is 29.8 Å². The first-order valence-corrected chi connectivity index (χ1v) is 6.70. The van der Waals surface area contributed by atoms with Gasteiger partial charge in [-0.15, -0.1) is 0 Å². The highest BCUT2D eigenvalue weighted by molar-refractivity contribution is 5.90. The van der Waals surface area contributed by atoms with Crippen molar-refractivity contribution in [2.75, 3.05) is 19.0 Å². The molecule has 6 nitrogen and oxygen atoms in total. The summed E-state index contributed by atoms with van der Waals surface area (Å²) in [5, 5.41) is 9.58. The maximum atomic E-state index is 11.8. The molecule has 0 bridgehead atoms. The lowest BCUT2D eigenvalue weighted by Crippen LogP contribution is -2.20. The van der Waals surface area contributed by atoms with Gasteiger partial charge < -0.3 is 14.8 Å². The molecule has 0 atom stereocenters. The Kier molecular flexibility index (Phi) is 4.81. The van der Waals surface area contributed by atoms with E-state index in [1.54, 1.807) is 31.4 Å². The van der Waals surface area contributed by atoms with E-state index in [1.807, 2.05) is 19.9 Å². The molecule has 2 aromatic rings. The summed E-state index contributed by atoms with van der Waals surface area (Å²) in [4.78, 5) is 11.8. The van der Waals surface area contributed by atoms with Gasteiger partial charge in [0.1, 0.15) is 11.5 Å². The van der Waals surface area contributed by atoms with Crippen molar-refractivity contribution in [1.82, 2.24) is 10.2 Å². The molecule has 2 rings (SSSR count). The molecule has 1 heterocycles. The Hall–Kier alpha value is -2.50. The number of aromatic nitrogens is 2. The smallest absolute Gasteiger partial charge is 0.263 e. The molecule has 0 unspecified atom stereocenters. The topological polar surface area (TPSA) is 76.2 Å². The van der Waals surface area contributed by atoms with Gasteiger partial charge in [-0.05, 0) is 30.2 Å². The van der Waals surface area contributed by atoms with Crippen LogP contribution in [0.3, 0.4) is 0 Å². The Labute approximate surface area is 123 Å². The van der Waals surface area contributed by atoms with Crippen LogP contribution < -0.4 is 14.8 Å². The third-order valence-electron chi connectivity index (χ3n) is 2.92. The number of H-pyrrole nitrogens is 1. The molecule has 6 heteroatoms. The molecule has 1 aromatic carbocycles. The predicted molar refractivity (Wildman–Crippen MR) is 79.8 cm³/mol. The van der Waals surface area contributed by atoms with E-state index in [4.69, 9.17) is 9.47 Å². The van der Waals surface area contributed by atoms with E-state index in [0.29, 0.717) is 17.5 Å². The maximum Gasteiger partial charge on any atom is 0.263 e. The van der Waals surface area contributed by atoms with E-state index < -0.39 is 0 Å². The van der Waals surface area contributed by atoms with E-state index in [-0.39, 0.29) is 12.5 Å². The minimum absolute atomic E-state index is 0.0732. The number of amides is 1. The average molecular weight is 289 g/mol. The summed E-state index contributed by atoms with van der Waals surface area (Å²) in [5.74, 6) is 1.92. The summed E-state index contributed by atoms with van der Waals surface area (Å²) in [5.41, 5.74) is 0.973. The molecule has 1 amide bonds. The highest BCUT2D eigenvalue weighted by atomic mass is 16.5. The molecule has 0 aliphatic rings. The van der Waals surface area contributed by atoms with Crippen LogP contribution in [0.1, 0.15) is 25.5 Å². The minimum atomic E-state index is -0.257. The zero-order chi connectivity index (χ0) is 15.2. The van der Waals surface area contributed by atoms with Gasteiger partial charge in [-0.1, -0.05) is 13.8 Å². The van der Waals surface area contributed by atoms with Crippen molar-refractivity contribution in [3.8, 4) is 11.5 Å². The number of carbonyl (C=O) groups excluding carboxylic acids is 1. The van der Waals surface area contributed by atoms with Gasteiger partial charge in [-0.3, -0.25) is 9.89 Å². The van der Waals surface area contributed by atoms with E-state index in [1.165, 1.54) is 0 Å². The van der Waals surface area contributed by atoms with Gasteiger partial charge in [0.2, 0.25) is 0 Å². The van der Waals surface area contributed by atoms with Crippen LogP contribution in [0.2, 0.25) is 0 Å². The molecule has 0 aliphatic carbocycles. The summed E-state index contributed by atoms with van der Waals surface area (Å²) >= 11 is 0. The molecule has 0 saturated heterocycles. The highest BCUT2D eigenvalue weighted by Gasteiger charge is 2.08. The van der Waals surface area contributed by atoms with Crippen LogP contribution in [0, 0.1) is 0 Å². The summed E-state index contributed by atoms with van der Waals surface area (Å²) in [7, 11) is 1.60. The Morgan fingerprint density at radius 3 is 2.52 bits per heavy atom. The maximum absolute atomic E-state index is 11.8. The molecule has 0 aliphatic heterocycles. The molecule has 1 aromatic heterocycles. The van der Waals surface area contributed by atoms with Crippen LogP contribution in [0.4, 0.5) is 5.82 Å². The Balaban J connectivity index is 1.83. The number of hydrogen-bond acceptors (Lipinski definition) is 4. The number of ether oxygens (including phenoxy) is 2. The number of nitrogens with zero attached hydrogens (tertiary/aromatic N) is 1. The lowest BCUT2D eigenvalue weighted by molar-refractivity contribution is -0.118. The van der Waals surface area contributed by atoms with Crippen molar-refractivity contribution in [3.05, 3.63) is 36.0 Å². The normalized spacial score (nSPS) is 10.5. The molecular formula is C15H19N3O3. The fourth-order valence-electron chi connectivity index (χ4n) is 1.70. The van der Waals surface area contributed by atoms with Gasteiger partial charge in [0, 0.05) is 11.8 Å². The number of benzene rings is 1. The Morgan fingerprint density at radius 1 is 1.29 bits per heavy atom. The summed E-state index contributed by atoms with van der Waals surface area (Å²) in [6.45, 7) is 4.02. The fourth-order valence-corrected chi connectivity index (χ4v) is 1.70. The van der Waals surface area contributed by atoms with Crippen molar-refractivity contribution in [2.45, 2.75) is 19.8 Å². The van der Waals surface area contributed by atoms with E-state index in [9.17, 15) is 4.79 Å². The quantitative estimate of drug-likeness (QED) is 0.857.